The molecule has 5 heteroatoms. The van der Waals surface area contributed by atoms with Crippen molar-refractivity contribution in [1.29, 1.82) is 0 Å². The molecular formula is C19H18F3NO. The number of rotatable bonds is 2. The van der Waals surface area contributed by atoms with Crippen LogP contribution in [0.1, 0.15) is 26.3 Å². The molecule has 126 valence electrons. The summed E-state index contributed by atoms with van der Waals surface area (Å²) < 4.78 is 41.1. The number of H-pyrrole nitrogens is 1. The zero-order valence-corrected chi connectivity index (χ0v) is 13.7. The Kier molecular flexibility index (Phi) is 3.82. The van der Waals surface area contributed by atoms with Crippen LogP contribution < -0.4 is 4.74 Å². The molecule has 0 saturated carbocycles. The highest BCUT2D eigenvalue weighted by atomic mass is 19.4. The first-order chi connectivity index (χ1) is 11.1. The van der Waals surface area contributed by atoms with Gasteiger partial charge in [-0.15, -0.1) is 13.2 Å². The van der Waals surface area contributed by atoms with Crippen molar-refractivity contribution in [2.45, 2.75) is 32.5 Å². The van der Waals surface area contributed by atoms with Gasteiger partial charge in [0.1, 0.15) is 5.75 Å². The number of hydrogen-bond donors (Lipinski definition) is 1. The van der Waals surface area contributed by atoms with E-state index in [1.165, 1.54) is 17.7 Å². The Morgan fingerprint density at radius 3 is 2.33 bits per heavy atom. The Bertz CT molecular complexity index is 872. The Hall–Kier alpha value is -2.43. The third-order valence-corrected chi connectivity index (χ3v) is 3.87. The largest absolute Gasteiger partial charge is 0.573 e. The highest BCUT2D eigenvalue weighted by Gasteiger charge is 2.31. The molecule has 0 atom stereocenters. The van der Waals surface area contributed by atoms with Crippen LogP contribution in [-0.2, 0) is 5.41 Å². The normalized spacial score (nSPS) is 12.6. The van der Waals surface area contributed by atoms with E-state index in [0.29, 0.717) is 5.56 Å². The molecule has 0 bridgehead atoms. The summed E-state index contributed by atoms with van der Waals surface area (Å²) in [4.78, 5) is 3.24. The van der Waals surface area contributed by atoms with E-state index in [-0.39, 0.29) is 11.2 Å². The minimum atomic E-state index is -4.69. The maximum absolute atomic E-state index is 12.4. The molecule has 1 N–H and O–H groups in total. The van der Waals surface area contributed by atoms with Crippen LogP contribution in [0, 0.1) is 0 Å². The SMILES string of the molecule is CC(C)(C)c1ccc2[nH]c(-c3cccc(OC(F)(F)F)c3)cc2c1. The van der Waals surface area contributed by atoms with Crippen LogP contribution in [0.2, 0.25) is 0 Å². The van der Waals surface area contributed by atoms with E-state index in [1.54, 1.807) is 12.1 Å². The number of alkyl halides is 3. The van der Waals surface area contributed by atoms with Crippen molar-refractivity contribution in [3.63, 3.8) is 0 Å². The van der Waals surface area contributed by atoms with Gasteiger partial charge in [-0.1, -0.05) is 39.0 Å². The van der Waals surface area contributed by atoms with Crippen molar-refractivity contribution in [1.82, 2.24) is 4.98 Å². The van der Waals surface area contributed by atoms with Gasteiger partial charge in [-0.25, -0.2) is 0 Å². The highest BCUT2D eigenvalue weighted by molar-refractivity contribution is 5.86. The van der Waals surface area contributed by atoms with Gasteiger partial charge in [-0.3, -0.25) is 0 Å². The quantitative estimate of drug-likeness (QED) is 0.608. The first-order valence-electron chi connectivity index (χ1n) is 7.61. The van der Waals surface area contributed by atoms with Crippen LogP contribution in [-0.4, -0.2) is 11.3 Å². The second kappa shape index (κ2) is 5.58. The monoisotopic (exact) mass is 333 g/mol. The van der Waals surface area contributed by atoms with Crippen LogP contribution in [0.4, 0.5) is 13.2 Å². The van der Waals surface area contributed by atoms with E-state index in [9.17, 15) is 13.2 Å². The van der Waals surface area contributed by atoms with Crippen molar-refractivity contribution < 1.29 is 17.9 Å². The molecule has 24 heavy (non-hydrogen) atoms. The van der Waals surface area contributed by atoms with E-state index in [2.05, 4.69) is 42.6 Å². The molecule has 1 aromatic heterocycles. The average molecular weight is 333 g/mol. The van der Waals surface area contributed by atoms with Gasteiger partial charge in [-0.2, -0.15) is 0 Å². The second-order valence-corrected chi connectivity index (χ2v) is 6.81. The van der Waals surface area contributed by atoms with Gasteiger partial charge in [0.25, 0.3) is 0 Å². The van der Waals surface area contributed by atoms with Gasteiger partial charge in [0.2, 0.25) is 0 Å². The van der Waals surface area contributed by atoms with E-state index in [0.717, 1.165) is 16.6 Å². The maximum Gasteiger partial charge on any atom is 0.573 e. The van der Waals surface area contributed by atoms with Crippen LogP contribution in [0.5, 0.6) is 5.75 Å². The summed E-state index contributed by atoms with van der Waals surface area (Å²) in [6.07, 6.45) is -4.69. The van der Waals surface area contributed by atoms with Gasteiger partial charge in [0.05, 0.1) is 0 Å². The lowest BCUT2D eigenvalue weighted by atomic mass is 9.86. The summed E-state index contributed by atoms with van der Waals surface area (Å²) >= 11 is 0. The van der Waals surface area contributed by atoms with Crippen molar-refractivity contribution in [2.75, 3.05) is 0 Å². The number of fused-ring (bicyclic) bond motifs is 1. The predicted molar refractivity (Wildman–Crippen MR) is 89.1 cm³/mol. The fraction of sp³-hybridized carbons (Fsp3) is 0.263. The average Bonchev–Trinajstić information content (AvgIpc) is 2.87. The molecule has 0 fully saturated rings. The summed E-state index contributed by atoms with van der Waals surface area (Å²) in [5.41, 5.74) is 3.58. The summed E-state index contributed by atoms with van der Waals surface area (Å²) in [7, 11) is 0. The van der Waals surface area contributed by atoms with E-state index < -0.39 is 6.36 Å². The van der Waals surface area contributed by atoms with E-state index >= 15 is 0 Å². The van der Waals surface area contributed by atoms with Gasteiger partial charge < -0.3 is 9.72 Å². The molecule has 0 radical (unpaired) electrons. The summed E-state index contributed by atoms with van der Waals surface area (Å²) in [5.74, 6) is -0.228. The summed E-state index contributed by atoms with van der Waals surface area (Å²) in [6.45, 7) is 6.42. The number of benzene rings is 2. The third kappa shape index (κ3) is 3.55. The first kappa shape index (κ1) is 16.4. The molecule has 0 aliphatic rings. The predicted octanol–water partition coefficient (Wildman–Crippen LogP) is 6.03. The smallest absolute Gasteiger partial charge is 0.406 e. The highest BCUT2D eigenvalue weighted by Crippen LogP contribution is 2.31. The van der Waals surface area contributed by atoms with Crippen LogP contribution in [0.15, 0.2) is 48.5 Å². The lowest BCUT2D eigenvalue weighted by Gasteiger charge is -2.18. The van der Waals surface area contributed by atoms with Gasteiger partial charge in [0, 0.05) is 22.2 Å². The Labute approximate surface area is 138 Å². The lowest BCUT2D eigenvalue weighted by molar-refractivity contribution is -0.274. The number of aromatic nitrogens is 1. The van der Waals surface area contributed by atoms with Crippen molar-refractivity contribution in [2.24, 2.45) is 0 Å². The van der Waals surface area contributed by atoms with Gasteiger partial charge in [0.15, 0.2) is 0 Å². The van der Waals surface area contributed by atoms with Crippen LogP contribution in [0.3, 0.4) is 0 Å². The first-order valence-corrected chi connectivity index (χ1v) is 7.61. The topological polar surface area (TPSA) is 25.0 Å². The van der Waals surface area contributed by atoms with Gasteiger partial charge >= 0.3 is 6.36 Å². The molecule has 3 rings (SSSR count). The van der Waals surface area contributed by atoms with Gasteiger partial charge in [-0.05, 0) is 41.3 Å². The molecule has 0 aliphatic carbocycles. The second-order valence-electron chi connectivity index (χ2n) is 6.81. The lowest BCUT2D eigenvalue weighted by Crippen LogP contribution is -2.17. The Morgan fingerprint density at radius 1 is 0.917 bits per heavy atom. The van der Waals surface area contributed by atoms with Crippen LogP contribution >= 0.6 is 0 Å². The minimum absolute atomic E-state index is 0.0338. The number of aromatic amines is 1. The zero-order chi connectivity index (χ0) is 17.5. The molecule has 0 spiro atoms. The molecule has 0 amide bonds. The van der Waals surface area contributed by atoms with E-state index in [4.69, 9.17) is 0 Å². The molecule has 0 saturated heterocycles. The van der Waals surface area contributed by atoms with E-state index in [1.807, 2.05) is 12.1 Å². The molecule has 2 nitrogen and oxygen atoms in total. The fourth-order valence-corrected chi connectivity index (χ4v) is 2.62. The summed E-state index contributed by atoms with van der Waals surface area (Å²) in [5, 5.41) is 1.03. The third-order valence-electron chi connectivity index (χ3n) is 3.87. The number of nitrogens with one attached hydrogen (secondary N) is 1. The minimum Gasteiger partial charge on any atom is -0.406 e. The Morgan fingerprint density at radius 2 is 1.67 bits per heavy atom. The number of ether oxygens (including phenoxy) is 1. The zero-order valence-electron chi connectivity index (χ0n) is 13.7. The molecule has 3 aromatic rings. The molecule has 1 heterocycles. The maximum atomic E-state index is 12.4. The van der Waals surface area contributed by atoms with Crippen molar-refractivity contribution in [3.05, 3.63) is 54.1 Å². The standard InChI is InChI=1S/C19H18F3NO/c1-18(2,3)14-7-8-16-13(9-14)11-17(23-16)12-5-4-6-15(10-12)24-19(20,21)22/h4-11,23H,1-3H3. The van der Waals surface area contributed by atoms with Crippen LogP contribution in [0.25, 0.3) is 22.2 Å². The molecular weight excluding hydrogens is 315 g/mol. The Balaban J connectivity index is 1.99. The molecule has 2 aromatic carbocycles. The van der Waals surface area contributed by atoms with Crippen molar-refractivity contribution >= 4 is 10.9 Å². The summed E-state index contributed by atoms with van der Waals surface area (Å²) in [6, 6.07) is 14.1. The molecule has 0 aliphatic heterocycles. The molecule has 0 unspecified atom stereocenters. The van der Waals surface area contributed by atoms with Crippen molar-refractivity contribution in [3.8, 4) is 17.0 Å². The number of hydrogen-bond acceptors (Lipinski definition) is 1. The number of halogens is 3. The fourth-order valence-electron chi connectivity index (χ4n) is 2.62.